The fourth-order valence-corrected chi connectivity index (χ4v) is 6.05. The van der Waals surface area contributed by atoms with Crippen LogP contribution in [0.5, 0.6) is 11.5 Å². The average Bonchev–Trinajstić information content (AvgIpc) is 3.49. The van der Waals surface area contributed by atoms with Crippen LogP contribution in [0.15, 0.2) is 93.8 Å². The largest absolute Gasteiger partial charge is 0.497 e. The lowest BCUT2D eigenvalue weighted by molar-refractivity contribution is 0.414. The van der Waals surface area contributed by atoms with Gasteiger partial charge in [-0.1, -0.05) is 29.9 Å². The van der Waals surface area contributed by atoms with Gasteiger partial charge in [0.2, 0.25) is 5.56 Å². The topological polar surface area (TPSA) is 115 Å². The Hall–Kier alpha value is -4.90. The van der Waals surface area contributed by atoms with Crippen molar-refractivity contribution in [3.8, 4) is 22.6 Å². The van der Waals surface area contributed by atoms with Crippen molar-refractivity contribution < 1.29 is 26.8 Å². The van der Waals surface area contributed by atoms with Gasteiger partial charge in [-0.3, -0.25) is 4.79 Å². The zero-order valence-corrected chi connectivity index (χ0v) is 22.4. The molecule has 0 aliphatic heterocycles. The second-order valence-electron chi connectivity index (χ2n) is 8.72. The van der Waals surface area contributed by atoms with E-state index in [1.807, 2.05) is 0 Å². The Balaban J connectivity index is 1.78. The molecule has 0 aliphatic carbocycles. The molecule has 0 radical (unpaired) electrons. The van der Waals surface area contributed by atoms with Gasteiger partial charge in [-0.15, -0.1) is 0 Å². The average molecular weight is 562 g/mol. The number of halogens is 1. The summed E-state index contributed by atoms with van der Waals surface area (Å²) in [5.41, 5.74) is 1.13. The Morgan fingerprint density at radius 2 is 1.82 bits per heavy atom. The van der Waals surface area contributed by atoms with E-state index in [0.717, 1.165) is 4.31 Å². The molecule has 204 valence electrons. The van der Waals surface area contributed by atoms with Gasteiger partial charge >= 0.3 is 0 Å². The van der Waals surface area contributed by atoms with Crippen LogP contribution in [0.2, 0.25) is 0 Å². The van der Waals surface area contributed by atoms with Crippen LogP contribution in [-0.2, 0) is 16.6 Å². The summed E-state index contributed by atoms with van der Waals surface area (Å²) in [5.74, 6) is 0.253. The summed E-state index contributed by atoms with van der Waals surface area (Å²) in [5, 5.41) is 4.26. The maximum Gasteiger partial charge on any atom is 0.266 e. The summed E-state index contributed by atoms with van der Waals surface area (Å²) in [7, 11) is -1.45. The highest BCUT2D eigenvalue weighted by Crippen LogP contribution is 2.42. The number of fused-ring (bicyclic) bond motifs is 1. The summed E-state index contributed by atoms with van der Waals surface area (Å²) in [6.45, 7) is 3.53. The highest BCUT2D eigenvalue weighted by molar-refractivity contribution is 7.93. The molecule has 0 aliphatic rings. The molecule has 9 nitrogen and oxygen atoms in total. The fraction of sp³-hybridized carbons (Fsp3) is 0.103. The number of hydrogen-bond acceptors (Lipinski definition) is 7. The normalized spacial score (nSPS) is 11.4. The third kappa shape index (κ3) is 4.82. The van der Waals surface area contributed by atoms with Crippen LogP contribution in [0.4, 0.5) is 10.2 Å². The molecule has 2 aromatic heterocycles. The minimum atomic E-state index is -4.38. The summed E-state index contributed by atoms with van der Waals surface area (Å²) >= 11 is 0. The number of nitrogens with zero attached hydrogens (tertiary/aromatic N) is 2. The van der Waals surface area contributed by atoms with Gasteiger partial charge in [0.25, 0.3) is 10.0 Å². The number of sulfonamides is 1. The second-order valence-corrected chi connectivity index (χ2v) is 10.5. The SMILES string of the molecule is C=Cc1cc(OC)c(-c2c(S(=O)(=O)N(Cc3ccc(OC)cc3)c3ccon3)ccc3[nH]c(=O)ccc23)cc1F. The maximum atomic E-state index is 15.1. The fourth-order valence-electron chi connectivity index (χ4n) is 4.44. The Morgan fingerprint density at radius 3 is 2.48 bits per heavy atom. The molecule has 3 aromatic carbocycles. The molecule has 0 atom stereocenters. The number of H-pyrrole nitrogens is 1. The number of pyridine rings is 1. The first-order valence-corrected chi connectivity index (χ1v) is 13.4. The highest BCUT2D eigenvalue weighted by Gasteiger charge is 2.32. The Bertz CT molecular complexity index is 1870. The van der Waals surface area contributed by atoms with E-state index in [2.05, 4.69) is 16.7 Å². The summed E-state index contributed by atoms with van der Waals surface area (Å²) in [6.07, 6.45) is 2.60. The molecule has 0 unspecified atom stereocenters. The van der Waals surface area contributed by atoms with E-state index >= 15 is 4.39 Å². The summed E-state index contributed by atoms with van der Waals surface area (Å²) < 4.78 is 60.9. The maximum absolute atomic E-state index is 15.1. The molecule has 1 N–H and O–H groups in total. The monoisotopic (exact) mass is 561 g/mol. The molecule has 2 heterocycles. The molecule has 0 saturated heterocycles. The minimum absolute atomic E-state index is 0.0449. The number of nitrogens with one attached hydrogen (secondary N) is 1. The van der Waals surface area contributed by atoms with Crippen LogP contribution >= 0.6 is 0 Å². The molecule has 40 heavy (non-hydrogen) atoms. The summed E-state index contributed by atoms with van der Waals surface area (Å²) in [6, 6.07) is 16.6. The Morgan fingerprint density at radius 1 is 1.05 bits per heavy atom. The van der Waals surface area contributed by atoms with Crippen molar-refractivity contribution in [1.29, 1.82) is 0 Å². The van der Waals surface area contributed by atoms with Crippen molar-refractivity contribution >= 4 is 32.8 Å². The number of methoxy groups -OCH3 is 2. The molecule has 0 fully saturated rings. The van der Waals surface area contributed by atoms with Crippen LogP contribution in [-0.4, -0.2) is 32.8 Å². The molecule has 0 bridgehead atoms. The molecule has 0 saturated carbocycles. The van der Waals surface area contributed by atoms with E-state index in [1.165, 1.54) is 69.0 Å². The van der Waals surface area contributed by atoms with Gasteiger partial charge in [0.1, 0.15) is 23.6 Å². The first-order chi connectivity index (χ1) is 19.3. The predicted molar refractivity (Wildman–Crippen MR) is 149 cm³/mol. The predicted octanol–water partition coefficient (Wildman–Crippen LogP) is 5.38. The van der Waals surface area contributed by atoms with Gasteiger partial charge in [-0.25, -0.2) is 17.1 Å². The smallest absolute Gasteiger partial charge is 0.266 e. The number of benzene rings is 3. The lowest BCUT2D eigenvalue weighted by Crippen LogP contribution is -2.31. The van der Waals surface area contributed by atoms with Crippen molar-refractivity contribution in [2.45, 2.75) is 11.4 Å². The molecular weight excluding hydrogens is 537 g/mol. The zero-order valence-electron chi connectivity index (χ0n) is 21.5. The van der Waals surface area contributed by atoms with Crippen molar-refractivity contribution in [3.63, 3.8) is 0 Å². The van der Waals surface area contributed by atoms with E-state index in [0.29, 0.717) is 22.2 Å². The van der Waals surface area contributed by atoms with Crippen LogP contribution in [0.1, 0.15) is 11.1 Å². The van der Waals surface area contributed by atoms with Gasteiger partial charge in [-0.2, -0.15) is 0 Å². The number of aromatic amines is 1. The minimum Gasteiger partial charge on any atom is -0.497 e. The lowest BCUT2D eigenvalue weighted by Gasteiger charge is -2.24. The van der Waals surface area contributed by atoms with Crippen molar-refractivity contribution in [2.24, 2.45) is 0 Å². The third-order valence-electron chi connectivity index (χ3n) is 6.41. The van der Waals surface area contributed by atoms with Gasteiger partial charge in [0, 0.05) is 39.7 Å². The molecular formula is C29H24FN3O6S. The van der Waals surface area contributed by atoms with Crippen LogP contribution < -0.4 is 19.3 Å². The van der Waals surface area contributed by atoms with Crippen LogP contribution in [0, 0.1) is 5.82 Å². The molecule has 0 amide bonds. The number of rotatable bonds is 9. The number of hydrogen-bond donors (Lipinski definition) is 1. The van der Waals surface area contributed by atoms with Gasteiger partial charge in [0.05, 0.1) is 25.7 Å². The number of ether oxygens (including phenoxy) is 2. The van der Waals surface area contributed by atoms with E-state index in [9.17, 15) is 13.2 Å². The molecule has 11 heteroatoms. The second kappa shape index (κ2) is 10.7. The quantitative estimate of drug-likeness (QED) is 0.257. The first kappa shape index (κ1) is 26.7. The van der Waals surface area contributed by atoms with E-state index in [4.69, 9.17) is 14.0 Å². The molecule has 0 spiro atoms. The standard InChI is InChI=1S/C29H24FN3O6S/c1-4-19-15-25(38-3)22(16-23(19)30)29-21-9-12-28(34)31-24(21)10-11-26(29)40(35,36)33(27-13-14-39-32-27)17-18-5-7-20(37-2)8-6-18/h4-16H,1,17H2,2-3H3,(H,31,34). The Kier molecular flexibility index (Phi) is 7.14. The lowest BCUT2D eigenvalue weighted by atomic mass is 9.97. The van der Waals surface area contributed by atoms with Crippen molar-refractivity contribution in [3.05, 3.63) is 107 Å². The molecule has 5 aromatic rings. The van der Waals surface area contributed by atoms with Gasteiger partial charge in [0.15, 0.2) is 5.82 Å². The van der Waals surface area contributed by atoms with E-state index in [1.54, 1.807) is 24.3 Å². The van der Waals surface area contributed by atoms with Crippen molar-refractivity contribution in [1.82, 2.24) is 10.1 Å². The van der Waals surface area contributed by atoms with Crippen molar-refractivity contribution in [2.75, 3.05) is 18.5 Å². The van der Waals surface area contributed by atoms with Gasteiger partial charge < -0.3 is 19.0 Å². The van der Waals surface area contributed by atoms with Crippen LogP contribution in [0.25, 0.3) is 28.1 Å². The third-order valence-corrected chi connectivity index (χ3v) is 8.20. The van der Waals surface area contributed by atoms with E-state index < -0.39 is 15.8 Å². The van der Waals surface area contributed by atoms with Gasteiger partial charge in [-0.05, 0) is 48.0 Å². The number of aromatic nitrogens is 2. The van der Waals surface area contributed by atoms with Crippen LogP contribution in [0.3, 0.4) is 0 Å². The molecule has 5 rings (SSSR count). The summed E-state index contributed by atoms with van der Waals surface area (Å²) in [4.78, 5) is 14.6. The van der Waals surface area contributed by atoms with E-state index in [-0.39, 0.29) is 45.3 Å². The first-order valence-electron chi connectivity index (χ1n) is 12.0. The highest BCUT2D eigenvalue weighted by atomic mass is 32.2. The Labute approximate surface area is 229 Å². The number of anilines is 1. The zero-order chi connectivity index (χ0) is 28.4.